The Bertz CT molecular complexity index is 646. The number of ether oxygens (including phenoxy) is 1. The Morgan fingerprint density at radius 3 is 2.61 bits per heavy atom. The number of hydrogen-bond donors (Lipinski definition) is 1. The highest BCUT2D eigenvalue weighted by atomic mass is 16.5. The van der Waals surface area contributed by atoms with Gasteiger partial charge in [0.05, 0.1) is 19.6 Å². The van der Waals surface area contributed by atoms with Gasteiger partial charge in [-0.25, -0.2) is 4.79 Å². The Morgan fingerprint density at radius 1 is 1.48 bits per heavy atom. The minimum atomic E-state index is -1.36. The number of methoxy groups -OCH3 is 1. The predicted molar refractivity (Wildman–Crippen MR) is 86.2 cm³/mol. The van der Waals surface area contributed by atoms with Crippen LogP contribution in [0.25, 0.3) is 0 Å². The van der Waals surface area contributed by atoms with Gasteiger partial charge >= 0.3 is 5.97 Å². The maximum atomic E-state index is 12.2. The first kappa shape index (κ1) is 18.9. The number of carbonyl (C=O) groups excluding carboxylic acids is 2. The third kappa shape index (κ3) is 3.77. The number of allylic oxidation sites excluding steroid dienone is 3. The lowest BCUT2D eigenvalue weighted by atomic mass is 9.62. The SMILES string of the molecule is COC(=O)C=C(C)C=C[C@@]1(O)C(C)=C(CC#N)C(=O)CC1(C)C. The summed E-state index contributed by atoms with van der Waals surface area (Å²) in [6.07, 6.45) is 4.66. The third-order valence-corrected chi connectivity index (χ3v) is 4.39. The van der Waals surface area contributed by atoms with Crippen molar-refractivity contribution >= 4 is 11.8 Å². The summed E-state index contributed by atoms with van der Waals surface area (Å²) in [5.41, 5.74) is -0.600. The van der Waals surface area contributed by atoms with E-state index in [1.165, 1.54) is 13.2 Å². The molecule has 0 aromatic carbocycles. The molecule has 0 bridgehead atoms. The lowest BCUT2D eigenvalue weighted by Crippen LogP contribution is -2.49. The van der Waals surface area contributed by atoms with Gasteiger partial charge < -0.3 is 9.84 Å². The van der Waals surface area contributed by atoms with Crippen LogP contribution in [-0.2, 0) is 14.3 Å². The maximum Gasteiger partial charge on any atom is 0.330 e. The molecule has 0 heterocycles. The molecule has 0 saturated carbocycles. The molecule has 0 fully saturated rings. The maximum absolute atomic E-state index is 12.2. The third-order valence-electron chi connectivity index (χ3n) is 4.39. The molecule has 0 saturated heterocycles. The highest BCUT2D eigenvalue weighted by Crippen LogP contribution is 2.47. The van der Waals surface area contributed by atoms with Crippen LogP contribution in [-0.4, -0.2) is 29.6 Å². The molecule has 1 atom stereocenters. The van der Waals surface area contributed by atoms with Crippen LogP contribution in [0.5, 0.6) is 0 Å². The second-order valence-corrected chi connectivity index (χ2v) is 6.43. The molecular formula is C18H23NO4. The van der Waals surface area contributed by atoms with E-state index in [1.807, 2.05) is 6.07 Å². The van der Waals surface area contributed by atoms with Crippen LogP contribution in [0.3, 0.4) is 0 Å². The predicted octanol–water partition coefficient (Wildman–Crippen LogP) is 2.62. The first-order valence-electron chi connectivity index (χ1n) is 7.37. The van der Waals surface area contributed by atoms with E-state index in [0.717, 1.165) is 0 Å². The lowest BCUT2D eigenvalue weighted by molar-refractivity contribution is -0.134. The van der Waals surface area contributed by atoms with Crippen molar-refractivity contribution in [3.63, 3.8) is 0 Å². The molecule has 0 radical (unpaired) electrons. The Kier molecular flexibility index (Phi) is 5.68. The number of hydrogen-bond acceptors (Lipinski definition) is 5. The first-order valence-corrected chi connectivity index (χ1v) is 7.37. The number of ketones is 1. The van der Waals surface area contributed by atoms with Gasteiger partial charge in [0.25, 0.3) is 0 Å². The highest BCUT2D eigenvalue weighted by Gasteiger charge is 2.49. The van der Waals surface area contributed by atoms with Crippen molar-refractivity contribution in [3.8, 4) is 6.07 Å². The summed E-state index contributed by atoms with van der Waals surface area (Å²) in [6.45, 7) is 7.00. The molecule has 5 nitrogen and oxygen atoms in total. The summed E-state index contributed by atoms with van der Waals surface area (Å²) in [4.78, 5) is 23.4. The van der Waals surface area contributed by atoms with E-state index >= 15 is 0 Å². The zero-order valence-corrected chi connectivity index (χ0v) is 14.3. The zero-order valence-electron chi connectivity index (χ0n) is 14.3. The van der Waals surface area contributed by atoms with Gasteiger partial charge in [-0.15, -0.1) is 0 Å². The quantitative estimate of drug-likeness (QED) is 0.489. The fourth-order valence-electron chi connectivity index (χ4n) is 2.80. The van der Waals surface area contributed by atoms with E-state index in [9.17, 15) is 14.7 Å². The highest BCUT2D eigenvalue weighted by molar-refractivity contribution is 5.98. The monoisotopic (exact) mass is 317 g/mol. The summed E-state index contributed by atoms with van der Waals surface area (Å²) in [6, 6.07) is 1.98. The van der Waals surface area contributed by atoms with Gasteiger partial charge in [-0.3, -0.25) is 4.79 Å². The van der Waals surface area contributed by atoms with Gasteiger partial charge in [0, 0.05) is 23.5 Å². The number of Topliss-reactive ketones (excluding diaryl/α,β-unsaturated/α-hetero) is 1. The van der Waals surface area contributed by atoms with Crippen LogP contribution in [0.15, 0.2) is 34.9 Å². The molecule has 124 valence electrons. The molecule has 1 rings (SSSR count). The fraction of sp³-hybridized carbons (Fsp3) is 0.500. The van der Waals surface area contributed by atoms with E-state index < -0.39 is 17.0 Å². The van der Waals surface area contributed by atoms with Crippen LogP contribution < -0.4 is 0 Å². The van der Waals surface area contributed by atoms with Crippen LogP contribution in [0.4, 0.5) is 0 Å². The van der Waals surface area contributed by atoms with Gasteiger partial charge in [0.2, 0.25) is 0 Å². The molecule has 0 aliphatic heterocycles. The van der Waals surface area contributed by atoms with Crippen LogP contribution in [0.2, 0.25) is 0 Å². The Hall–Kier alpha value is -2.19. The molecule has 5 heteroatoms. The van der Waals surface area contributed by atoms with Crippen molar-refractivity contribution in [2.75, 3.05) is 7.11 Å². The van der Waals surface area contributed by atoms with Crippen molar-refractivity contribution in [3.05, 3.63) is 34.9 Å². The molecule has 1 aliphatic carbocycles. The van der Waals surface area contributed by atoms with E-state index in [2.05, 4.69) is 4.74 Å². The standard InChI is InChI=1S/C18H23NO4/c1-12(10-16(21)23-5)6-8-18(22)13(2)14(7-9-19)15(20)11-17(18,3)4/h6,8,10,22H,7,11H2,1-5H3/t18-/m1/s1. The lowest BCUT2D eigenvalue weighted by Gasteiger charge is -2.45. The minimum Gasteiger partial charge on any atom is -0.466 e. The van der Waals surface area contributed by atoms with E-state index in [0.29, 0.717) is 16.7 Å². The summed E-state index contributed by atoms with van der Waals surface area (Å²) < 4.78 is 4.56. The summed E-state index contributed by atoms with van der Waals surface area (Å²) in [7, 11) is 1.29. The summed E-state index contributed by atoms with van der Waals surface area (Å²) in [5, 5.41) is 20.1. The average Bonchev–Trinajstić information content (AvgIpc) is 2.47. The van der Waals surface area contributed by atoms with E-state index in [4.69, 9.17) is 5.26 Å². The van der Waals surface area contributed by atoms with Crippen molar-refractivity contribution in [1.29, 1.82) is 5.26 Å². The Morgan fingerprint density at radius 2 is 2.09 bits per heavy atom. The zero-order chi connectivity index (χ0) is 17.8. The summed E-state index contributed by atoms with van der Waals surface area (Å²) >= 11 is 0. The number of nitrogens with zero attached hydrogens (tertiary/aromatic N) is 1. The van der Waals surface area contributed by atoms with Gasteiger partial charge in [-0.2, -0.15) is 5.26 Å². The second kappa shape index (κ2) is 6.93. The number of rotatable bonds is 4. The van der Waals surface area contributed by atoms with Crippen LogP contribution in [0, 0.1) is 16.7 Å². The van der Waals surface area contributed by atoms with Crippen molar-refractivity contribution in [2.45, 2.75) is 46.1 Å². The minimum absolute atomic E-state index is 0.0200. The number of esters is 1. The number of aliphatic hydroxyl groups is 1. The smallest absolute Gasteiger partial charge is 0.330 e. The van der Waals surface area contributed by atoms with Crippen molar-refractivity contribution in [2.24, 2.45) is 5.41 Å². The van der Waals surface area contributed by atoms with Gasteiger partial charge in [0.15, 0.2) is 5.78 Å². The summed E-state index contributed by atoms with van der Waals surface area (Å²) in [5.74, 6) is -0.580. The topological polar surface area (TPSA) is 87.4 Å². The Balaban J connectivity index is 3.33. The molecule has 0 unspecified atom stereocenters. The number of nitriles is 1. The molecule has 0 spiro atoms. The van der Waals surface area contributed by atoms with Crippen LogP contribution >= 0.6 is 0 Å². The first-order chi connectivity index (χ1) is 10.6. The van der Waals surface area contributed by atoms with Gasteiger partial charge in [0.1, 0.15) is 5.60 Å². The van der Waals surface area contributed by atoms with Crippen molar-refractivity contribution in [1.82, 2.24) is 0 Å². The normalized spacial score (nSPS) is 24.7. The largest absolute Gasteiger partial charge is 0.466 e. The Labute approximate surface area is 136 Å². The molecule has 0 aromatic rings. The fourth-order valence-corrected chi connectivity index (χ4v) is 2.80. The number of carbonyl (C=O) groups is 2. The molecule has 0 aromatic heterocycles. The molecule has 1 N–H and O–H groups in total. The van der Waals surface area contributed by atoms with E-state index in [-0.39, 0.29) is 18.6 Å². The molecule has 1 aliphatic rings. The average molecular weight is 317 g/mol. The van der Waals surface area contributed by atoms with Crippen molar-refractivity contribution < 1.29 is 19.4 Å². The van der Waals surface area contributed by atoms with Gasteiger partial charge in [-0.1, -0.05) is 19.9 Å². The van der Waals surface area contributed by atoms with Crippen LogP contribution in [0.1, 0.15) is 40.5 Å². The molecule has 23 heavy (non-hydrogen) atoms. The molecular weight excluding hydrogens is 294 g/mol. The molecule has 0 amide bonds. The second-order valence-electron chi connectivity index (χ2n) is 6.43. The van der Waals surface area contributed by atoms with Gasteiger partial charge in [-0.05, 0) is 31.1 Å². The van der Waals surface area contributed by atoms with E-state index in [1.54, 1.807) is 39.8 Å².